The van der Waals surface area contributed by atoms with Crippen molar-refractivity contribution < 1.29 is 34.1 Å². The molecule has 1 amide bonds. The number of fused-ring (bicyclic) bond motifs is 4. The lowest BCUT2D eigenvalue weighted by Gasteiger charge is -2.44. The SMILES string of the molecule is COc1ccc2c(c1)c(C(=O)C(=O)NC1CN3CCC1CC3)cn2C.O=C(O)/C=C\C(=O)O. The Labute approximate surface area is 190 Å². The molecule has 1 unspecified atom stereocenters. The maximum atomic E-state index is 12.8. The molecule has 1 atom stereocenters. The Kier molecular flexibility index (Phi) is 7.49. The quantitative estimate of drug-likeness (QED) is 0.335. The zero-order valence-corrected chi connectivity index (χ0v) is 18.5. The first-order chi connectivity index (χ1) is 15.7. The topological polar surface area (TPSA) is 138 Å². The van der Waals surface area contributed by atoms with E-state index >= 15 is 0 Å². The van der Waals surface area contributed by atoms with Gasteiger partial charge in [0.05, 0.1) is 12.7 Å². The molecule has 3 saturated heterocycles. The van der Waals surface area contributed by atoms with Crippen molar-refractivity contribution in [2.75, 3.05) is 26.7 Å². The molecule has 3 fully saturated rings. The number of amides is 1. The van der Waals surface area contributed by atoms with E-state index in [1.54, 1.807) is 13.3 Å². The highest BCUT2D eigenvalue weighted by molar-refractivity contribution is 6.45. The van der Waals surface area contributed by atoms with Crippen molar-refractivity contribution in [2.45, 2.75) is 18.9 Å². The lowest BCUT2D eigenvalue weighted by atomic mass is 9.84. The van der Waals surface area contributed by atoms with E-state index in [0.717, 1.165) is 43.4 Å². The number of hydrogen-bond acceptors (Lipinski definition) is 6. The van der Waals surface area contributed by atoms with Gasteiger partial charge in [0.25, 0.3) is 11.7 Å². The van der Waals surface area contributed by atoms with Crippen LogP contribution in [0.15, 0.2) is 36.5 Å². The molecule has 33 heavy (non-hydrogen) atoms. The fourth-order valence-corrected chi connectivity index (χ4v) is 4.31. The van der Waals surface area contributed by atoms with Crippen molar-refractivity contribution in [1.82, 2.24) is 14.8 Å². The van der Waals surface area contributed by atoms with Crippen LogP contribution in [0.4, 0.5) is 0 Å². The number of hydrogen-bond donors (Lipinski definition) is 3. The number of benzene rings is 1. The number of nitrogens with one attached hydrogen (secondary N) is 1. The fourth-order valence-electron chi connectivity index (χ4n) is 4.31. The standard InChI is InChI=1S/C19H23N3O3.C4H4O4/c1-21-10-15(14-9-13(25-2)3-4-17(14)21)18(23)19(24)20-16-11-22-7-5-12(16)6-8-22;5-3(6)1-2-4(7)8/h3-4,9-10,12,16H,5-8,11H2,1-2H3,(H,20,24);1-2H,(H,5,6)(H,7,8)/b;2-1-. The van der Waals surface area contributed by atoms with Crippen molar-refractivity contribution >= 4 is 34.5 Å². The van der Waals surface area contributed by atoms with Gasteiger partial charge in [0.2, 0.25) is 0 Å². The van der Waals surface area contributed by atoms with Gasteiger partial charge in [0.1, 0.15) is 5.75 Å². The van der Waals surface area contributed by atoms with E-state index in [1.165, 1.54) is 0 Å². The highest BCUT2D eigenvalue weighted by Crippen LogP contribution is 2.28. The van der Waals surface area contributed by atoms with E-state index in [-0.39, 0.29) is 6.04 Å². The zero-order chi connectivity index (χ0) is 24.1. The number of Topliss-reactive ketones (excluding diaryl/α,β-unsaturated/α-hetero) is 1. The summed E-state index contributed by atoms with van der Waals surface area (Å²) in [6.07, 6.45) is 5.04. The van der Waals surface area contributed by atoms with Crippen LogP contribution in [-0.2, 0) is 21.4 Å². The predicted octanol–water partition coefficient (Wildman–Crippen LogP) is 1.29. The molecule has 3 aliphatic rings. The normalized spacial score (nSPS) is 21.3. The number of carboxylic acids is 2. The number of ether oxygens (including phenoxy) is 1. The van der Waals surface area contributed by atoms with Crippen molar-refractivity contribution in [3.63, 3.8) is 0 Å². The van der Waals surface area contributed by atoms with Crippen LogP contribution >= 0.6 is 0 Å². The first kappa shape index (κ1) is 24.0. The van der Waals surface area contributed by atoms with E-state index in [9.17, 15) is 19.2 Å². The summed E-state index contributed by atoms with van der Waals surface area (Å²) in [6.45, 7) is 3.06. The number of carbonyl (C=O) groups is 4. The lowest BCUT2D eigenvalue weighted by molar-refractivity contribution is -0.134. The molecule has 10 nitrogen and oxygen atoms in total. The van der Waals surface area contributed by atoms with Crippen LogP contribution in [0.3, 0.4) is 0 Å². The summed E-state index contributed by atoms with van der Waals surface area (Å²) in [5, 5.41) is 19.4. The van der Waals surface area contributed by atoms with Crippen LogP contribution in [0.1, 0.15) is 23.2 Å². The molecular weight excluding hydrogens is 430 g/mol. The molecule has 5 rings (SSSR count). The Morgan fingerprint density at radius 3 is 2.24 bits per heavy atom. The predicted molar refractivity (Wildman–Crippen MR) is 119 cm³/mol. The Morgan fingerprint density at radius 2 is 1.73 bits per heavy atom. The van der Waals surface area contributed by atoms with Gasteiger partial charge in [-0.05, 0) is 50.0 Å². The molecule has 1 aromatic heterocycles. The molecular formula is C23H27N3O7. The number of piperidine rings is 3. The van der Waals surface area contributed by atoms with Crippen LogP contribution in [0.25, 0.3) is 10.9 Å². The van der Waals surface area contributed by atoms with Gasteiger partial charge in [-0.2, -0.15) is 0 Å². The smallest absolute Gasteiger partial charge is 0.328 e. The number of aliphatic carboxylic acids is 2. The second-order valence-corrected chi connectivity index (χ2v) is 8.09. The van der Waals surface area contributed by atoms with Gasteiger partial charge in [-0.1, -0.05) is 0 Å². The van der Waals surface area contributed by atoms with Crippen LogP contribution in [0, 0.1) is 5.92 Å². The van der Waals surface area contributed by atoms with E-state index in [2.05, 4.69) is 10.2 Å². The maximum Gasteiger partial charge on any atom is 0.328 e. The summed E-state index contributed by atoms with van der Waals surface area (Å²) in [5.74, 6) is -2.33. The largest absolute Gasteiger partial charge is 0.497 e. The molecule has 10 heteroatoms. The number of methoxy groups -OCH3 is 1. The number of aryl methyl sites for hydroxylation is 1. The van der Waals surface area contributed by atoms with E-state index in [0.29, 0.717) is 29.4 Å². The van der Waals surface area contributed by atoms with Gasteiger partial charge in [-0.15, -0.1) is 0 Å². The second kappa shape index (κ2) is 10.3. The van der Waals surface area contributed by atoms with Crippen LogP contribution in [0.2, 0.25) is 0 Å². The van der Waals surface area contributed by atoms with Crippen LogP contribution in [-0.4, -0.2) is 76.1 Å². The average Bonchev–Trinajstić information content (AvgIpc) is 3.14. The van der Waals surface area contributed by atoms with Crippen LogP contribution in [0.5, 0.6) is 5.75 Å². The van der Waals surface area contributed by atoms with Gasteiger partial charge >= 0.3 is 11.9 Å². The second-order valence-electron chi connectivity index (χ2n) is 8.09. The minimum absolute atomic E-state index is 0.0865. The third kappa shape index (κ3) is 5.78. The van der Waals surface area contributed by atoms with Gasteiger partial charge in [0, 0.05) is 48.9 Å². The summed E-state index contributed by atoms with van der Waals surface area (Å²) < 4.78 is 7.12. The molecule has 3 aliphatic heterocycles. The summed E-state index contributed by atoms with van der Waals surface area (Å²) >= 11 is 0. The van der Waals surface area contributed by atoms with Crippen molar-refractivity contribution in [3.8, 4) is 5.75 Å². The van der Waals surface area contributed by atoms with E-state index < -0.39 is 23.6 Å². The molecule has 2 aromatic rings. The van der Waals surface area contributed by atoms with Gasteiger partial charge in [-0.25, -0.2) is 9.59 Å². The van der Waals surface area contributed by atoms with Crippen molar-refractivity contribution in [2.24, 2.45) is 13.0 Å². The molecule has 0 aliphatic carbocycles. The molecule has 4 heterocycles. The van der Waals surface area contributed by atoms with E-state index in [1.807, 2.05) is 29.8 Å². The monoisotopic (exact) mass is 457 g/mol. The summed E-state index contributed by atoms with van der Waals surface area (Å²) in [7, 11) is 3.46. The third-order valence-electron chi connectivity index (χ3n) is 5.99. The number of carboxylic acid groups (broad SMARTS) is 2. The highest BCUT2D eigenvalue weighted by Gasteiger charge is 2.36. The van der Waals surface area contributed by atoms with Gasteiger partial charge < -0.3 is 29.7 Å². The minimum atomic E-state index is -1.26. The molecule has 3 N–H and O–H groups in total. The molecule has 0 spiro atoms. The first-order valence-electron chi connectivity index (χ1n) is 10.5. The minimum Gasteiger partial charge on any atom is -0.497 e. The Morgan fingerprint density at radius 1 is 1.09 bits per heavy atom. The zero-order valence-electron chi connectivity index (χ0n) is 18.5. The number of carbonyl (C=O) groups excluding carboxylic acids is 2. The van der Waals surface area contributed by atoms with Crippen molar-refractivity contribution in [3.05, 3.63) is 42.1 Å². The number of ketones is 1. The summed E-state index contributed by atoms with van der Waals surface area (Å²) in [5.41, 5.74) is 1.33. The summed E-state index contributed by atoms with van der Waals surface area (Å²) in [4.78, 5) is 46.8. The van der Waals surface area contributed by atoms with E-state index in [4.69, 9.17) is 14.9 Å². The number of aromatic nitrogens is 1. The molecule has 1 aromatic carbocycles. The Bertz CT molecular complexity index is 1080. The number of nitrogens with zero attached hydrogens (tertiary/aromatic N) is 2. The number of rotatable bonds is 6. The Balaban J connectivity index is 0.000000331. The van der Waals surface area contributed by atoms with Crippen molar-refractivity contribution in [1.29, 1.82) is 0 Å². The molecule has 0 radical (unpaired) electrons. The average molecular weight is 457 g/mol. The highest BCUT2D eigenvalue weighted by atomic mass is 16.5. The summed E-state index contributed by atoms with van der Waals surface area (Å²) in [6, 6.07) is 5.65. The van der Waals surface area contributed by atoms with Crippen LogP contribution < -0.4 is 10.1 Å². The first-order valence-corrected chi connectivity index (χ1v) is 10.5. The maximum absolute atomic E-state index is 12.8. The third-order valence-corrected chi connectivity index (χ3v) is 5.99. The molecule has 2 bridgehead atoms. The van der Waals surface area contributed by atoms with Gasteiger partial charge in [0.15, 0.2) is 0 Å². The fraction of sp³-hybridized carbons (Fsp3) is 0.391. The Hall–Kier alpha value is -3.66. The lowest BCUT2D eigenvalue weighted by Crippen LogP contribution is -2.58. The molecule has 0 saturated carbocycles. The van der Waals surface area contributed by atoms with Gasteiger partial charge in [-0.3, -0.25) is 9.59 Å². The molecule has 176 valence electrons.